The molecule has 1 aliphatic rings. The summed E-state index contributed by atoms with van der Waals surface area (Å²) in [5.41, 5.74) is 0.543. The second-order valence-electron chi connectivity index (χ2n) is 4.73. The lowest BCUT2D eigenvalue weighted by molar-refractivity contribution is 0.0636. The van der Waals surface area contributed by atoms with Gasteiger partial charge in [0.25, 0.3) is 5.91 Å². The van der Waals surface area contributed by atoms with Crippen molar-refractivity contribution in [1.82, 2.24) is 5.32 Å². The minimum atomic E-state index is -0.106. The highest BCUT2D eigenvalue weighted by atomic mass is 35.5. The predicted octanol–water partition coefficient (Wildman–Crippen LogP) is 3.54. The molecule has 1 aromatic carbocycles. The van der Waals surface area contributed by atoms with Crippen LogP contribution in [0.25, 0.3) is 0 Å². The van der Waals surface area contributed by atoms with Gasteiger partial charge in [-0.25, -0.2) is 0 Å². The first kappa shape index (κ1) is 14.6. The fourth-order valence-electron chi connectivity index (χ4n) is 2.16. The van der Waals surface area contributed by atoms with E-state index in [0.29, 0.717) is 28.1 Å². The third kappa shape index (κ3) is 4.37. The molecule has 3 nitrogen and oxygen atoms in total. The molecule has 0 aromatic heterocycles. The molecule has 19 heavy (non-hydrogen) atoms. The van der Waals surface area contributed by atoms with Crippen LogP contribution in [0.4, 0.5) is 0 Å². The number of nitrogens with one attached hydrogen (secondary N) is 1. The average Bonchev–Trinajstić information content (AvgIpc) is 2.43. The zero-order chi connectivity index (χ0) is 13.7. The van der Waals surface area contributed by atoms with Gasteiger partial charge in [0.1, 0.15) is 0 Å². The minimum absolute atomic E-state index is 0.106. The maximum absolute atomic E-state index is 11.9. The number of carbonyl (C=O) groups is 1. The van der Waals surface area contributed by atoms with Crippen molar-refractivity contribution in [3.05, 3.63) is 33.8 Å². The molecule has 0 radical (unpaired) electrons. The fraction of sp³-hybridized carbons (Fsp3) is 0.500. The molecule has 1 N–H and O–H groups in total. The molecule has 1 heterocycles. The number of carbonyl (C=O) groups excluding carboxylic acids is 1. The number of ether oxygens (including phenoxy) is 1. The Morgan fingerprint density at radius 2 is 2.00 bits per heavy atom. The predicted molar refractivity (Wildman–Crippen MR) is 77.0 cm³/mol. The van der Waals surface area contributed by atoms with Gasteiger partial charge in [-0.2, -0.15) is 0 Å². The number of amides is 1. The van der Waals surface area contributed by atoms with Gasteiger partial charge in [0.05, 0.1) is 10.0 Å². The largest absolute Gasteiger partial charge is 0.381 e. The van der Waals surface area contributed by atoms with Crippen LogP contribution in [-0.4, -0.2) is 25.7 Å². The van der Waals surface area contributed by atoms with Crippen molar-refractivity contribution in [3.63, 3.8) is 0 Å². The number of halogens is 2. The molecule has 104 valence electrons. The molecular formula is C14H17Cl2NO2. The summed E-state index contributed by atoms with van der Waals surface area (Å²) >= 11 is 11.7. The van der Waals surface area contributed by atoms with Gasteiger partial charge in [0.15, 0.2) is 0 Å². The lowest BCUT2D eigenvalue weighted by Crippen LogP contribution is -2.27. The van der Waals surface area contributed by atoms with E-state index in [1.165, 1.54) is 0 Å². The minimum Gasteiger partial charge on any atom is -0.381 e. The van der Waals surface area contributed by atoms with Crippen molar-refractivity contribution in [1.29, 1.82) is 0 Å². The fourth-order valence-corrected chi connectivity index (χ4v) is 2.46. The monoisotopic (exact) mass is 301 g/mol. The summed E-state index contributed by atoms with van der Waals surface area (Å²) in [6.45, 7) is 2.36. The Morgan fingerprint density at radius 1 is 1.26 bits per heavy atom. The Hall–Kier alpha value is -0.770. The highest BCUT2D eigenvalue weighted by molar-refractivity contribution is 6.42. The zero-order valence-corrected chi connectivity index (χ0v) is 12.1. The van der Waals surface area contributed by atoms with Crippen molar-refractivity contribution in [2.45, 2.75) is 19.3 Å². The van der Waals surface area contributed by atoms with Gasteiger partial charge in [-0.3, -0.25) is 4.79 Å². The lowest BCUT2D eigenvalue weighted by Gasteiger charge is -2.21. The van der Waals surface area contributed by atoms with E-state index in [9.17, 15) is 4.79 Å². The highest BCUT2D eigenvalue weighted by Crippen LogP contribution is 2.22. The third-order valence-electron chi connectivity index (χ3n) is 3.36. The second-order valence-corrected chi connectivity index (χ2v) is 5.54. The van der Waals surface area contributed by atoms with Crippen LogP contribution in [-0.2, 0) is 4.74 Å². The molecule has 1 amide bonds. The van der Waals surface area contributed by atoms with Crippen LogP contribution in [0, 0.1) is 5.92 Å². The van der Waals surface area contributed by atoms with E-state index >= 15 is 0 Å². The van der Waals surface area contributed by atoms with E-state index < -0.39 is 0 Å². The molecule has 0 atom stereocenters. The van der Waals surface area contributed by atoms with Crippen molar-refractivity contribution < 1.29 is 9.53 Å². The third-order valence-corrected chi connectivity index (χ3v) is 4.10. The van der Waals surface area contributed by atoms with Gasteiger partial charge >= 0.3 is 0 Å². The first-order valence-electron chi connectivity index (χ1n) is 6.48. The van der Waals surface area contributed by atoms with E-state index in [0.717, 1.165) is 32.5 Å². The number of rotatable bonds is 4. The molecule has 2 rings (SSSR count). The van der Waals surface area contributed by atoms with Gasteiger partial charge in [0.2, 0.25) is 0 Å². The van der Waals surface area contributed by atoms with Crippen LogP contribution < -0.4 is 5.32 Å². The van der Waals surface area contributed by atoms with Crippen LogP contribution in [0.5, 0.6) is 0 Å². The topological polar surface area (TPSA) is 38.3 Å². The van der Waals surface area contributed by atoms with Gasteiger partial charge in [0, 0.05) is 25.3 Å². The van der Waals surface area contributed by atoms with Gasteiger partial charge < -0.3 is 10.1 Å². The summed E-state index contributed by atoms with van der Waals surface area (Å²) in [5, 5.41) is 3.77. The Morgan fingerprint density at radius 3 is 2.68 bits per heavy atom. The first-order valence-corrected chi connectivity index (χ1v) is 7.23. The van der Waals surface area contributed by atoms with E-state index in [2.05, 4.69) is 5.32 Å². The van der Waals surface area contributed by atoms with E-state index in [4.69, 9.17) is 27.9 Å². The van der Waals surface area contributed by atoms with E-state index in [1.807, 2.05) is 0 Å². The molecule has 0 unspecified atom stereocenters. The van der Waals surface area contributed by atoms with Crippen molar-refractivity contribution in [2.24, 2.45) is 5.92 Å². The molecule has 0 saturated carbocycles. The Kier molecular flexibility index (Phi) is 5.49. The van der Waals surface area contributed by atoms with Gasteiger partial charge in [-0.1, -0.05) is 23.2 Å². The van der Waals surface area contributed by atoms with Crippen molar-refractivity contribution >= 4 is 29.1 Å². The SMILES string of the molecule is O=C(NCCC1CCOCC1)c1ccc(Cl)c(Cl)c1. The van der Waals surface area contributed by atoms with Crippen LogP contribution in [0.15, 0.2) is 18.2 Å². The molecule has 0 aliphatic carbocycles. The first-order chi connectivity index (χ1) is 9.16. The Bertz CT molecular complexity index is 445. The summed E-state index contributed by atoms with van der Waals surface area (Å²) in [7, 11) is 0. The molecule has 5 heteroatoms. The summed E-state index contributed by atoms with van der Waals surface area (Å²) in [5.74, 6) is 0.550. The van der Waals surface area contributed by atoms with Crippen molar-refractivity contribution in [2.75, 3.05) is 19.8 Å². The van der Waals surface area contributed by atoms with E-state index in [-0.39, 0.29) is 5.91 Å². The summed E-state index contributed by atoms with van der Waals surface area (Å²) < 4.78 is 5.31. The smallest absolute Gasteiger partial charge is 0.251 e. The quantitative estimate of drug-likeness (QED) is 0.924. The Labute approximate surface area is 123 Å². The standard InChI is InChI=1S/C14H17Cl2NO2/c15-12-2-1-11(9-13(12)16)14(18)17-6-3-10-4-7-19-8-5-10/h1-2,9-10H,3-8H2,(H,17,18). The summed E-state index contributed by atoms with van der Waals surface area (Å²) in [4.78, 5) is 11.9. The van der Waals surface area contributed by atoms with Crippen LogP contribution >= 0.6 is 23.2 Å². The van der Waals surface area contributed by atoms with Gasteiger partial charge in [-0.15, -0.1) is 0 Å². The number of hydrogen-bond acceptors (Lipinski definition) is 2. The van der Waals surface area contributed by atoms with Crippen LogP contribution in [0.3, 0.4) is 0 Å². The molecular weight excluding hydrogens is 285 g/mol. The van der Waals surface area contributed by atoms with E-state index in [1.54, 1.807) is 18.2 Å². The Balaban J connectivity index is 1.78. The molecule has 1 saturated heterocycles. The van der Waals surface area contributed by atoms with Gasteiger partial charge in [-0.05, 0) is 43.4 Å². The second kappa shape index (κ2) is 7.13. The molecule has 1 fully saturated rings. The average molecular weight is 302 g/mol. The summed E-state index contributed by atoms with van der Waals surface area (Å²) in [6, 6.07) is 4.91. The molecule has 1 aromatic rings. The van der Waals surface area contributed by atoms with Crippen LogP contribution in [0.1, 0.15) is 29.6 Å². The maximum atomic E-state index is 11.9. The molecule has 0 bridgehead atoms. The number of benzene rings is 1. The van der Waals surface area contributed by atoms with Crippen molar-refractivity contribution in [3.8, 4) is 0 Å². The molecule has 0 spiro atoms. The maximum Gasteiger partial charge on any atom is 0.251 e. The lowest BCUT2D eigenvalue weighted by atomic mass is 9.97. The highest BCUT2D eigenvalue weighted by Gasteiger charge is 2.14. The van der Waals surface area contributed by atoms with Crippen LogP contribution in [0.2, 0.25) is 10.0 Å². The molecule has 1 aliphatic heterocycles. The number of hydrogen-bond donors (Lipinski definition) is 1. The zero-order valence-electron chi connectivity index (χ0n) is 10.6. The summed E-state index contributed by atoms with van der Waals surface area (Å²) in [6.07, 6.45) is 3.17. The normalized spacial score (nSPS) is 16.3.